The van der Waals surface area contributed by atoms with Crippen molar-refractivity contribution >= 4 is 75.9 Å². The van der Waals surface area contributed by atoms with E-state index in [1.807, 2.05) is 0 Å². The van der Waals surface area contributed by atoms with Crippen LogP contribution in [-0.4, -0.2) is 9.13 Å². The van der Waals surface area contributed by atoms with Crippen LogP contribution in [0.2, 0.25) is 0 Å². The van der Waals surface area contributed by atoms with E-state index in [1.54, 1.807) is 0 Å². The van der Waals surface area contributed by atoms with E-state index in [1.165, 1.54) is 121 Å². The lowest BCUT2D eigenvalue weighted by atomic mass is 9.84. The minimum atomic E-state index is 0.0357. The summed E-state index contributed by atoms with van der Waals surface area (Å²) in [5.74, 6) is 0.651. The number of hydrogen-bond acceptors (Lipinski definition) is 0. The van der Waals surface area contributed by atoms with Gasteiger partial charge < -0.3 is 9.13 Å². The minimum Gasteiger partial charge on any atom is -0.309 e. The lowest BCUT2D eigenvalue weighted by molar-refractivity contribution is 0.590. The summed E-state index contributed by atoms with van der Waals surface area (Å²) in [6.07, 6.45) is 0. The third kappa shape index (κ3) is 6.40. The highest BCUT2D eigenvalue weighted by Crippen LogP contribution is 2.48. The molecule has 64 heavy (non-hydrogen) atoms. The molecule has 10 aromatic rings. The Labute approximate surface area is 381 Å². The van der Waals surface area contributed by atoms with E-state index in [9.17, 15) is 0 Å². The molecule has 326 valence electrons. The molecule has 0 aliphatic carbocycles. The van der Waals surface area contributed by atoms with E-state index in [-0.39, 0.29) is 21.7 Å². The second-order valence-electron chi connectivity index (χ2n) is 23.9. The summed E-state index contributed by atoms with van der Waals surface area (Å²) in [7, 11) is 0. The van der Waals surface area contributed by atoms with Crippen molar-refractivity contribution in [3.05, 3.63) is 143 Å². The fourth-order valence-corrected chi connectivity index (χ4v) is 10.8. The Morgan fingerprint density at radius 2 is 0.547 bits per heavy atom. The zero-order valence-electron chi connectivity index (χ0n) is 41.4. The molecule has 2 nitrogen and oxygen atoms in total. The van der Waals surface area contributed by atoms with Crippen LogP contribution in [0.1, 0.15) is 156 Å². The summed E-state index contributed by atoms with van der Waals surface area (Å²) >= 11 is 0. The van der Waals surface area contributed by atoms with Gasteiger partial charge in [0, 0.05) is 32.3 Å². The van der Waals surface area contributed by atoms with Gasteiger partial charge in [0.25, 0.3) is 0 Å². The van der Waals surface area contributed by atoms with Crippen molar-refractivity contribution < 1.29 is 0 Å². The molecule has 8 aromatic carbocycles. The first kappa shape index (κ1) is 42.4. The highest BCUT2D eigenvalue weighted by molar-refractivity contribution is 6.28. The van der Waals surface area contributed by atoms with Crippen molar-refractivity contribution in [2.45, 2.75) is 144 Å². The lowest BCUT2D eigenvalue weighted by Crippen LogP contribution is -2.10. The number of benzene rings is 8. The van der Waals surface area contributed by atoms with Crippen molar-refractivity contribution in [3.63, 3.8) is 0 Å². The van der Waals surface area contributed by atoms with Crippen LogP contribution < -0.4 is 0 Å². The first-order valence-electron chi connectivity index (χ1n) is 23.9. The second-order valence-corrected chi connectivity index (χ2v) is 23.9. The molecule has 2 heteroatoms. The number of hydrogen-bond donors (Lipinski definition) is 0. The summed E-state index contributed by atoms with van der Waals surface area (Å²) < 4.78 is 5.19. The predicted molar refractivity (Wildman–Crippen MR) is 282 cm³/mol. The van der Waals surface area contributed by atoms with E-state index in [0.717, 1.165) is 0 Å². The van der Waals surface area contributed by atoms with Gasteiger partial charge in [-0.15, -0.1) is 0 Å². The summed E-state index contributed by atoms with van der Waals surface area (Å²) in [6.45, 7) is 37.4. The molecule has 10 rings (SSSR count). The zero-order valence-corrected chi connectivity index (χ0v) is 41.4. The van der Waals surface area contributed by atoms with Crippen LogP contribution in [0.15, 0.2) is 109 Å². The quantitative estimate of drug-likeness (QED) is 0.156. The highest BCUT2D eigenvalue weighted by Gasteiger charge is 2.27. The maximum Gasteiger partial charge on any atom is 0.0544 e. The van der Waals surface area contributed by atoms with Gasteiger partial charge in [-0.05, 0) is 149 Å². The Bertz CT molecular complexity index is 3140. The van der Waals surface area contributed by atoms with Gasteiger partial charge in [-0.1, -0.05) is 159 Å². The molecule has 0 spiro atoms. The monoisotopic (exact) mass is 841 g/mol. The second kappa shape index (κ2) is 14.0. The molecule has 2 heterocycles. The maximum absolute atomic E-state index is 2.60. The van der Waals surface area contributed by atoms with E-state index in [2.05, 4.69) is 229 Å². The van der Waals surface area contributed by atoms with Gasteiger partial charge in [0.2, 0.25) is 0 Å². The molecule has 0 aliphatic heterocycles. The summed E-state index contributed by atoms with van der Waals surface area (Å²) in [5.41, 5.74) is 15.9. The molecule has 0 radical (unpaired) electrons. The molecule has 2 aromatic heterocycles. The minimum absolute atomic E-state index is 0.0357. The third-order valence-electron chi connectivity index (χ3n) is 14.6. The summed E-state index contributed by atoms with van der Waals surface area (Å²) in [6, 6.07) is 43.8. The van der Waals surface area contributed by atoms with E-state index >= 15 is 0 Å². The normalized spacial score (nSPS) is 13.6. The topological polar surface area (TPSA) is 9.86 Å². The largest absolute Gasteiger partial charge is 0.309 e. The summed E-state index contributed by atoms with van der Waals surface area (Å²) in [4.78, 5) is 0. The van der Waals surface area contributed by atoms with Gasteiger partial charge in [-0.3, -0.25) is 0 Å². The van der Waals surface area contributed by atoms with E-state index in [0.29, 0.717) is 11.8 Å². The highest BCUT2D eigenvalue weighted by atomic mass is 15.0. The standard InChI is InChI=1S/C62H68N2/c1-35(2)45-33-55(63-51-25-17-37(59(5,6)7)29-47(51)48-30-38(60(8,9)10)18-26-52(48)63)43-24-22-42-46(36(3)4)34-56(44-23-21-41(45)57(43)58(42)44)64-53-27-19-39(61(11,12)13)31-49(53)50-32-40(62(14,15)16)20-28-54(50)64/h17-36H,1-16H3. The van der Waals surface area contributed by atoms with Crippen LogP contribution >= 0.6 is 0 Å². The molecule has 0 fully saturated rings. The van der Waals surface area contributed by atoms with Crippen molar-refractivity contribution in [1.82, 2.24) is 9.13 Å². The van der Waals surface area contributed by atoms with E-state index < -0.39 is 0 Å². The molecule has 0 saturated heterocycles. The van der Waals surface area contributed by atoms with Crippen molar-refractivity contribution in [2.75, 3.05) is 0 Å². The Morgan fingerprint density at radius 1 is 0.297 bits per heavy atom. The molecule has 0 unspecified atom stereocenters. The maximum atomic E-state index is 2.60. The van der Waals surface area contributed by atoms with Crippen LogP contribution in [0.4, 0.5) is 0 Å². The number of rotatable bonds is 4. The van der Waals surface area contributed by atoms with Crippen LogP contribution in [0.5, 0.6) is 0 Å². The van der Waals surface area contributed by atoms with Crippen LogP contribution in [0, 0.1) is 0 Å². The first-order valence-corrected chi connectivity index (χ1v) is 23.9. The molecular formula is C62H68N2. The number of aromatic nitrogens is 2. The molecular weight excluding hydrogens is 773 g/mol. The summed E-state index contributed by atoms with van der Waals surface area (Å²) in [5, 5.41) is 13.4. The van der Waals surface area contributed by atoms with Gasteiger partial charge in [0.05, 0.1) is 33.4 Å². The molecule has 0 saturated carbocycles. The van der Waals surface area contributed by atoms with Crippen molar-refractivity contribution in [1.29, 1.82) is 0 Å². The van der Waals surface area contributed by atoms with Gasteiger partial charge in [-0.25, -0.2) is 0 Å². The van der Waals surface area contributed by atoms with Gasteiger partial charge in [-0.2, -0.15) is 0 Å². The molecule has 0 aliphatic rings. The van der Waals surface area contributed by atoms with Crippen LogP contribution in [0.3, 0.4) is 0 Å². The van der Waals surface area contributed by atoms with Crippen molar-refractivity contribution in [3.8, 4) is 11.4 Å². The first-order chi connectivity index (χ1) is 29.9. The number of nitrogens with zero attached hydrogens (tertiary/aromatic N) is 2. The molecule has 0 atom stereocenters. The predicted octanol–water partition coefficient (Wildman–Crippen LogP) is 18.2. The van der Waals surface area contributed by atoms with Gasteiger partial charge >= 0.3 is 0 Å². The van der Waals surface area contributed by atoms with Crippen LogP contribution in [-0.2, 0) is 21.7 Å². The van der Waals surface area contributed by atoms with E-state index in [4.69, 9.17) is 0 Å². The molecule has 0 amide bonds. The average molecular weight is 841 g/mol. The van der Waals surface area contributed by atoms with Crippen LogP contribution in [0.25, 0.3) is 87.3 Å². The Kier molecular flexibility index (Phi) is 9.23. The van der Waals surface area contributed by atoms with Gasteiger partial charge in [0.15, 0.2) is 0 Å². The Hall–Kier alpha value is -5.60. The average Bonchev–Trinajstić information content (AvgIpc) is 3.72. The zero-order chi connectivity index (χ0) is 45.7. The van der Waals surface area contributed by atoms with Crippen molar-refractivity contribution in [2.24, 2.45) is 0 Å². The Balaban J connectivity index is 1.36. The lowest BCUT2D eigenvalue weighted by Gasteiger charge is -2.24. The van der Waals surface area contributed by atoms with Gasteiger partial charge in [0.1, 0.15) is 0 Å². The molecule has 0 bridgehead atoms. The smallest absolute Gasteiger partial charge is 0.0544 e. The fraction of sp³-hybridized carbons (Fsp3) is 0.355. The molecule has 0 N–H and O–H groups in total. The number of fused-ring (bicyclic) bond motifs is 6. The third-order valence-corrected chi connectivity index (χ3v) is 14.6. The SMILES string of the molecule is CC(C)c1cc(-n2c3ccc(C(C)(C)C)cc3c3cc(C(C)(C)C)ccc32)c2ccc3c(C(C)C)cc(-n4c5ccc(C(C)(C)C)cc5c5cc(C(C)(C)C)ccc54)c4ccc1c2c34. The Morgan fingerprint density at radius 3 is 0.781 bits per heavy atom. The fourth-order valence-electron chi connectivity index (χ4n) is 10.8.